The molecular weight excluding hydrogens is 526 g/mol. The number of methoxy groups -OCH3 is 1. The summed E-state index contributed by atoms with van der Waals surface area (Å²) in [6.45, 7) is 7.99. The van der Waals surface area contributed by atoms with Crippen molar-refractivity contribution in [3.63, 3.8) is 0 Å². The molecule has 2 fully saturated rings. The molecule has 0 saturated carbocycles. The number of benzene rings is 1. The summed E-state index contributed by atoms with van der Waals surface area (Å²) < 4.78 is 14.5. The van der Waals surface area contributed by atoms with Crippen LogP contribution in [0.15, 0.2) is 24.3 Å². The molecule has 2 amide bonds. The monoisotopic (exact) mass is 561 g/mol. The number of carbonyl (C=O) groups excluding carboxylic acids is 2. The molecule has 0 aliphatic carbocycles. The topological polar surface area (TPSA) is 124 Å². The van der Waals surface area contributed by atoms with Crippen LogP contribution in [0.5, 0.6) is 0 Å². The summed E-state index contributed by atoms with van der Waals surface area (Å²) in [5.41, 5.74) is 2.94. The van der Waals surface area contributed by atoms with Gasteiger partial charge in [0.25, 0.3) is 11.8 Å². The Labute approximate surface area is 237 Å². The van der Waals surface area contributed by atoms with E-state index >= 15 is 0 Å². The minimum absolute atomic E-state index is 0.0706. The van der Waals surface area contributed by atoms with Crippen LogP contribution in [-0.4, -0.2) is 116 Å². The van der Waals surface area contributed by atoms with Crippen molar-refractivity contribution < 1.29 is 19.1 Å². The van der Waals surface area contributed by atoms with Crippen LogP contribution >= 0.6 is 0 Å². The van der Waals surface area contributed by atoms with Crippen LogP contribution in [-0.2, 0) is 27.7 Å². The fourth-order valence-corrected chi connectivity index (χ4v) is 5.49. The standard InChI is InChI=1S/C28H35N9O4/c1-5-21-29-19-8-6-7-9-20(19)37(21)28-31-23-22(24(32-28)34-14-16-41-17-15-34)30-25(33(23)3)27(39)36-12-10-35(11-13-36)26(38)18(2)40-4/h6-9,18H,5,10-17H2,1-4H3/t18-/m1/s1. The molecule has 13 nitrogen and oxygen atoms in total. The molecule has 5 heterocycles. The number of ether oxygens (including phenoxy) is 2. The number of anilines is 1. The highest BCUT2D eigenvalue weighted by Gasteiger charge is 2.31. The van der Waals surface area contributed by atoms with E-state index in [0.717, 1.165) is 16.9 Å². The van der Waals surface area contributed by atoms with Gasteiger partial charge in [0.2, 0.25) is 11.8 Å². The smallest absolute Gasteiger partial charge is 0.290 e. The summed E-state index contributed by atoms with van der Waals surface area (Å²) in [5.74, 6) is 2.04. The number of amides is 2. The van der Waals surface area contributed by atoms with Gasteiger partial charge in [-0.1, -0.05) is 19.1 Å². The molecule has 4 aromatic rings. The van der Waals surface area contributed by atoms with E-state index < -0.39 is 6.10 Å². The van der Waals surface area contributed by atoms with Crippen LogP contribution in [0.1, 0.15) is 30.3 Å². The van der Waals surface area contributed by atoms with Gasteiger partial charge < -0.3 is 28.7 Å². The maximum Gasteiger partial charge on any atom is 0.290 e. The number of fused-ring (bicyclic) bond motifs is 2. The van der Waals surface area contributed by atoms with E-state index in [1.54, 1.807) is 21.3 Å². The van der Waals surface area contributed by atoms with Gasteiger partial charge in [0.1, 0.15) is 11.9 Å². The first-order chi connectivity index (χ1) is 19.9. The molecule has 1 aromatic carbocycles. The number of hydrogen-bond acceptors (Lipinski definition) is 9. The molecule has 0 spiro atoms. The number of nitrogens with zero attached hydrogens (tertiary/aromatic N) is 9. The van der Waals surface area contributed by atoms with Gasteiger partial charge in [-0.3, -0.25) is 14.2 Å². The molecule has 0 unspecified atom stereocenters. The molecule has 0 bridgehead atoms. The molecule has 1 atom stereocenters. The zero-order valence-electron chi connectivity index (χ0n) is 23.9. The Bertz CT molecular complexity index is 1600. The first-order valence-corrected chi connectivity index (χ1v) is 14.1. The highest BCUT2D eigenvalue weighted by atomic mass is 16.5. The maximum atomic E-state index is 13.8. The lowest BCUT2D eigenvalue weighted by Gasteiger charge is -2.35. The average molecular weight is 562 g/mol. The Morgan fingerprint density at radius 1 is 0.976 bits per heavy atom. The van der Waals surface area contributed by atoms with Crippen molar-refractivity contribution in [3.8, 4) is 5.95 Å². The molecule has 2 aliphatic rings. The van der Waals surface area contributed by atoms with E-state index in [4.69, 9.17) is 29.4 Å². The lowest BCUT2D eigenvalue weighted by Crippen LogP contribution is -2.53. The fraction of sp³-hybridized carbons (Fsp3) is 0.500. The Morgan fingerprint density at radius 2 is 1.68 bits per heavy atom. The van der Waals surface area contributed by atoms with Gasteiger partial charge >= 0.3 is 0 Å². The summed E-state index contributed by atoms with van der Waals surface area (Å²) in [6, 6.07) is 7.94. The van der Waals surface area contributed by atoms with Crippen molar-refractivity contribution in [3.05, 3.63) is 35.9 Å². The quantitative estimate of drug-likeness (QED) is 0.344. The number of para-hydroxylation sites is 2. The van der Waals surface area contributed by atoms with Crippen molar-refractivity contribution in [2.24, 2.45) is 7.05 Å². The van der Waals surface area contributed by atoms with Crippen LogP contribution in [0.2, 0.25) is 0 Å². The maximum absolute atomic E-state index is 13.8. The van der Waals surface area contributed by atoms with Gasteiger partial charge in [-0.2, -0.15) is 9.97 Å². The number of piperazine rings is 1. The summed E-state index contributed by atoms with van der Waals surface area (Å²) in [4.78, 5) is 51.5. The van der Waals surface area contributed by atoms with Crippen LogP contribution in [0, 0.1) is 0 Å². The first kappa shape index (κ1) is 27.1. The van der Waals surface area contributed by atoms with Gasteiger partial charge in [-0.05, 0) is 19.1 Å². The zero-order valence-corrected chi connectivity index (χ0v) is 23.9. The lowest BCUT2D eigenvalue weighted by atomic mass is 10.2. The van der Waals surface area contributed by atoms with E-state index in [1.165, 1.54) is 7.11 Å². The Hall–Kier alpha value is -4.10. The molecule has 13 heteroatoms. The van der Waals surface area contributed by atoms with Crippen molar-refractivity contribution in [1.82, 2.24) is 38.9 Å². The normalized spacial score (nSPS) is 17.0. The molecule has 2 saturated heterocycles. The van der Waals surface area contributed by atoms with Crippen LogP contribution in [0.25, 0.3) is 28.1 Å². The highest BCUT2D eigenvalue weighted by Crippen LogP contribution is 2.29. The lowest BCUT2D eigenvalue weighted by molar-refractivity contribution is -0.142. The third-order valence-corrected chi connectivity index (χ3v) is 7.92. The van der Waals surface area contributed by atoms with Gasteiger partial charge in [-0.25, -0.2) is 9.97 Å². The molecule has 3 aromatic heterocycles. The van der Waals surface area contributed by atoms with Crippen molar-refractivity contribution in [2.75, 3.05) is 64.5 Å². The highest BCUT2D eigenvalue weighted by molar-refractivity contribution is 5.97. The summed E-state index contributed by atoms with van der Waals surface area (Å²) in [7, 11) is 3.33. The van der Waals surface area contributed by atoms with Gasteiger partial charge in [0, 0.05) is 59.8 Å². The predicted molar refractivity (Wildman–Crippen MR) is 152 cm³/mol. The molecule has 0 radical (unpaired) electrons. The number of carbonyl (C=O) groups is 2. The van der Waals surface area contributed by atoms with E-state index in [1.807, 2.05) is 35.9 Å². The molecule has 41 heavy (non-hydrogen) atoms. The minimum atomic E-state index is -0.510. The second kappa shape index (κ2) is 11.1. The molecule has 216 valence electrons. The Balaban J connectivity index is 1.40. The number of imidazole rings is 2. The number of hydrogen-bond donors (Lipinski definition) is 0. The Kier molecular flexibility index (Phi) is 7.30. The molecular formula is C28H35N9O4. The van der Waals surface area contributed by atoms with Crippen molar-refractivity contribution >= 4 is 39.8 Å². The number of aryl methyl sites for hydroxylation is 2. The predicted octanol–water partition coefficient (Wildman–Crippen LogP) is 1.42. The van der Waals surface area contributed by atoms with Crippen molar-refractivity contribution in [2.45, 2.75) is 26.4 Å². The van der Waals surface area contributed by atoms with E-state index in [-0.39, 0.29) is 17.6 Å². The number of morpholine rings is 1. The van der Waals surface area contributed by atoms with Crippen LogP contribution in [0.4, 0.5) is 5.82 Å². The molecule has 0 N–H and O–H groups in total. The number of aromatic nitrogens is 6. The summed E-state index contributed by atoms with van der Waals surface area (Å²) in [5, 5.41) is 0. The SMILES string of the molecule is CCc1nc2ccccc2n1-c1nc(N2CCOCC2)c2nc(C(=O)N3CCN(C(=O)[C@@H](C)OC)CC3)n(C)c2n1. The average Bonchev–Trinajstić information content (AvgIpc) is 3.57. The van der Waals surface area contributed by atoms with Gasteiger partial charge in [0.15, 0.2) is 17.0 Å². The van der Waals surface area contributed by atoms with E-state index in [0.29, 0.717) is 81.8 Å². The Morgan fingerprint density at radius 3 is 2.39 bits per heavy atom. The largest absolute Gasteiger partial charge is 0.378 e. The fourth-order valence-electron chi connectivity index (χ4n) is 5.49. The van der Waals surface area contributed by atoms with Crippen LogP contribution in [0.3, 0.4) is 0 Å². The second-order valence-corrected chi connectivity index (χ2v) is 10.3. The van der Waals surface area contributed by atoms with E-state index in [2.05, 4.69) is 11.8 Å². The summed E-state index contributed by atoms with van der Waals surface area (Å²) in [6.07, 6.45) is 0.194. The minimum Gasteiger partial charge on any atom is -0.378 e. The third-order valence-electron chi connectivity index (χ3n) is 7.92. The number of rotatable bonds is 6. The summed E-state index contributed by atoms with van der Waals surface area (Å²) >= 11 is 0. The van der Waals surface area contributed by atoms with Gasteiger partial charge in [-0.15, -0.1) is 0 Å². The van der Waals surface area contributed by atoms with E-state index in [9.17, 15) is 9.59 Å². The van der Waals surface area contributed by atoms with Crippen LogP contribution < -0.4 is 4.90 Å². The molecule has 6 rings (SSSR count). The molecule has 2 aliphatic heterocycles. The first-order valence-electron chi connectivity index (χ1n) is 14.1. The van der Waals surface area contributed by atoms with Gasteiger partial charge in [0.05, 0.1) is 24.2 Å². The second-order valence-electron chi connectivity index (χ2n) is 10.3. The third kappa shape index (κ3) is 4.78. The van der Waals surface area contributed by atoms with Crippen molar-refractivity contribution in [1.29, 1.82) is 0 Å². The zero-order chi connectivity index (χ0) is 28.7.